The fourth-order valence-electron chi connectivity index (χ4n) is 4.20. The number of aromatic nitrogens is 1. The zero-order valence-corrected chi connectivity index (χ0v) is 18.6. The Morgan fingerprint density at radius 2 is 1.91 bits per heavy atom. The number of nitrogens with zero attached hydrogens (tertiary/aromatic N) is 3. The summed E-state index contributed by atoms with van der Waals surface area (Å²) in [5.41, 5.74) is 2.48. The van der Waals surface area contributed by atoms with Crippen molar-refractivity contribution in [2.45, 2.75) is 33.2 Å². The van der Waals surface area contributed by atoms with Gasteiger partial charge >= 0.3 is 5.97 Å². The number of Topliss-reactive ketones (excluding diaryl/α,β-unsaturated/α-hetero) is 1. The number of anilines is 1. The number of furan rings is 1. The van der Waals surface area contributed by atoms with E-state index in [1.54, 1.807) is 24.5 Å². The zero-order valence-electron chi connectivity index (χ0n) is 18.6. The summed E-state index contributed by atoms with van der Waals surface area (Å²) < 4.78 is 12.5. The van der Waals surface area contributed by atoms with Crippen molar-refractivity contribution in [3.63, 3.8) is 0 Å². The summed E-state index contributed by atoms with van der Waals surface area (Å²) in [6.07, 6.45) is 3.55. The highest BCUT2D eigenvalue weighted by Gasteiger charge is 2.25. The van der Waals surface area contributed by atoms with Crippen molar-refractivity contribution in [1.82, 2.24) is 4.57 Å². The maximum absolute atomic E-state index is 12.7. The molecule has 0 unspecified atom stereocenters. The van der Waals surface area contributed by atoms with Crippen LogP contribution in [0.1, 0.15) is 50.7 Å². The Morgan fingerprint density at radius 1 is 1.15 bits per heavy atom. The Hall–Kier alpha value is -3.88. The van der Waals surface area contributed by atoms with E-state index in [1.165, 1.54) is 12.1 Å². The molecule has 1 aliphatic rings. The second kappa shape index (κ2) is 9.32. The predicted octanol–water partition coefficient (Wildman–Crippen LogP) is 4.29. The summed E-state index contributed by atoms with van der Waals surface area (Å²) >= 11 is 0. The van der Waals surface area contributed by atoms with Gasteiger partial charge < -0.3 is 18.6 Å². The summed E-state index contributed by atoms with van der Waals surface area (Å²) in [6.45, 7) is 5.25. The van der Waals surface area contributed by atoms with Gasteiger partial charge in [0.2, 0.25) is 5.78 Å². The van der Waals surface area contributed by atoms with Crippen molar-refractivity contribution in [3.8, 4) is 0 Å². The molecule has 0 aliphatic carbocycles. The van der Waals surface area contributed by atoms with E-state index in [0.29, 0.717) is 17.8 Å². The fraction of sp³-hybridized carbons (Fsp3) is 0.333. The molecule has 0 bridgehead atoms. The van der Waals surface area contributed by atoms with Crippen LogP contribution in [-0.2, 0) is 11.3 Å². The van der Waals surface area contributed by atoms with Crippen LogP contribution in [0.4, 0.5) is 11.4 Å². The standard InChI is InChI=1S/C24H25N3O6/c1-16-12-20(17(2)26(16)14-19-6-5-11-32-19)23(28)15-33-24(29)18-7-8-21(22(13-18)27(30)31)25-9-3-4-10-25/h5-8,11-13H,3-4,9-10,14-15H2,1-2H3. The smallest absolute Gasteiger partial charge is 0.338 e. The summed E-state index contributed by atoms with van der Waals surface area (Å²) in [5.74, 6) is -0.352. The lowest BCUT2D eigenvalue weighted by molar-refractivity contribution is -0.384. The molecule has 9 heteroatoms. The number of nitro benzene ring substituents is 1. The molecule has 172 valence electrons. The summed E-state index contributed by atoms with van der Waals surface area (Å²) in [4.78, 5) is 38.3. The number of carbonyl (C=O) groups excluding carboxylic acids is 2. The van der Waals surface area contributed by atoms with E-state index >= 15 is 0 Å². The van der Waals surface area contributed by atoms with Gasteiger partial charge in [0, 0.05) is 36.1 Å². The Kier molecular flexibility index (Phi) is 6.30. The summed E-state index contributed by atoms with van der Waals surface area (Å²) in [6, 6.07) is 9.71. The second-order valence-corrected chi connectivity index (χ2v) is 8.10. The van der Waals surface area contributed by atoms with Crippen molar-refractivity contribution in [2.75, 3.05) is 24.6 Å². The SMILES string of the molecule is Cc1cc(C(=O)COC(=O)c2ccc(N3CCCC3)c([N+](=O)[O-])c2)c(C)n1Cc1ccco1. The molecular formula is C24H25N3O6. The highest BCUT2D eigenvalue weighted by molar-refractivity contribution is 6.00. The number of aryl methyl sites for hydroxylation is 1. The third-order valence-electron chi connectivity index (χ3n) is 5.96. The number of ketones is 1. The largest absolute Gasteiger partial charge is 0.467 e. The summed E-state index contributed by atoms with van der Waals surface area (Å²) in [7, 11) is 0. The number of hydrogen-bond acceptors (Lipinski definition) is 7. The first-order chi connectivity index (χ1) is 15.8. The van der Waals surface area contributed by atoms with Crippen LogP contribution in [0, 0.1) is 24.0 Å². The first kappa shape index (κ1) is 22.3. The van der Waals surface area contributed by atoms with Crippen LogP contribution >= 0.6 is 0 Å². The molecule has 1 aromatic carbocycles. The number of esters is 1. The molecule has 0 saturated carbocycles. The van der Waals surface area contributed by atoms with Gasteiger partial charge in [-0.2, -0.15) is 0 Å². The van der Waals surface area contributed by atoms with E-state index in [4.69, 9.17) is 9.15 Å². The molecule has 2 aromatic heterocycles. The van der Waals surface area contributed by atoms with E-state index in [0.717, 1.165) is 43.1 Å². The minimum absolute atomic E-state index is 0.0424. The summed E-state index contributed by atoms with van der Waals surface area (Å²) in [5, 5.41) is 11.6. The van der Waals surface area contributed by atoms with E-state index < -0.39 is 17.5 Å². The first-order valence-corrected chi connectivity index (χ1v) is 10.8. The van der Waals surface area contributed by atoms with Gasteiger partial charge in [-0.25, -0.2) is 4.79 Å². The zero-order chi connectivity index (χ0) is 23.5. The molecule has 4 rings (SSSR count). The van der Waals surface area contributed by atoms with Crippen LogP contribution in [-0.4, -0.2) is 40.9 Å². The number of hydrogen-bond donors (Lipinski definition) is 0. The molecule has 0 atom stereocenters. The van der Waals surface area contributed by atoms with Gasteiger partial charge in [-0.1, -0.05) is 0 Å². The monoisotopic (exact) mass is 451 g/mol. The lowest BCUT2D eigenvalue weighted by atomic mass is 10.1. The second-order valence-electron chi connectivity index (χ2n) is 8.10. The van der Waals surface area contributed by atoms with Gasteiger partial charge in [0.05, 0.1) is 23.3 Å². The Balaban J connectivity index is 1.45. The molecule has 1 saturated heterocycles. The lowest BCUT2D eigenvalue weighted by Crippen LogP contribution is -2.19. The van der Waals surface area contributed by atoms with Crippen molar-refractivity contribution >= 4 is 23.1 Å². The number of carbonyl (C=O) groups is 2. The van der Waals surface area contributed by atoms with Crippen LogP contribution in [0.3, 0.4) is 0 Å². The minimum atomic E-state index is -0.774. The molecule has 9 nitrogen and oxygen atoms in total. The van der Waals surface area contributed by atoms with Crippen LogP contribution in [0.15, 0.2) is 47.1 Å². The fourth-order valence-corrected chi connectivity index (χ4v) is 4.20. The average molecular weight is 451 g/mol. The topological polar surface area (TPSA) is 108 Å². The van der Waals surface area contributed by atoms with Crippen molar-refractivity contribution in [3.05, 3.63) is 81.1 Å². The lowest BCUT2D eigenvalue weighted by Gasteiger charge is -2.17. The van der Waals surface area contributed by atoms with Crippen LogP contribution in [0.5, 0.6) is 0 Å². The van der Waals surface area contributed by atoms with E-state index in [1.807, 2.05) is 29.4 Å². The Labute approximate surface area is 190 Å². The van der Waals surface area contributed by atoms with Gasteiger partial charge in [-0.05, 0) is 57.0 Å². The van der Waals surface area contributed by atoms with E-state index in [9.17, 15) is 19.7 Å². The van der Waals surface area contributed by atoms with Crippen LogP contribution in [0.2, 0.25) is 0 Å². The number of rotatable bonds is 8. The van der Waals surface area contributed by atoms with Gasteiger partial charge in [0.25, 0.3) is 5.69 Å². The molecule has 1 aliphatic heterocycles. The van der Waals surface area contributed by atoms with Gasteiger partial charge in [0.15, 0.2) is 6.61 Å². The number of nitro groups is 1. The van der Waals surface area contributed by atoms with Crippen LogP contribution < -0.4 is 4.90 Å². The van der Waals surface area contributed by atoms with Crippen molar-refractivity contribution in [2.24, 2.45) is 0 Å². The Bertz CT molecular complexity index is 1190. The van der Waals surface area contributed by atoms with Crippen molar-refractivity contribution in [1.29, 1.82) is 0 Å². The van der Waals surface area contributed by atoms with Crippen molar-refractivity contribution < 1.29 is 23.7 Å². The molecule has 3 heterocycles. The number of ether oxygens (including phenoxy) is 1. The van der Waals surface area contributed by atoms with E-state index in [-0.39, 0.29) is 17.0 Å². The molecule has 1 fully saturated rings. The Morgan fingerprint density at radius 3 is 2.58 bits per heavy atom. The van der Waals surface area contributed by atoms with Gasteiger partial charge in [-0.3, -0.25) is 14.9 Å². The van der Waals surface area contributed by atoms with Gasteiger partial charge in [-0.15, -0.1) is 0 Å². The highest BCUT2D eigenvalue weighted by atomic mass is 16.6. The molecule has 0 amide bonds. The normalized spacial score (nSPS) is 13.3. The molecule has 0 N–H and O–H groups in total. The number of benzene rings is 1. The molecule has 0 radical (unpaired) electrons. The quantitative estimate of drug-likeness (QED) is 0.217. The third-order valence-corrected chi connectivity index (χ3v) is 5.96. The molecular weight excluding hydrogens is 426 g/mol. The molecule has 33 heavy (non-hydrogen) atoms. The molecule has 3 aromatic rings. The van der Waals surface area contributed by atoms with Crippen LogP contribution in [0.25, 0.3) is 0 Å². The van der Waals surface area contributed by atoms with E-state index in [2.05, 4.69) is 0 Å². The maximum atomic E-state index is 12.7. The predicted molar refractivity (Wildman–Crippen MR) is 121 cm³/mol. The molecule has 0 spiro atoms. The first-order valence-electron chi connectivity index (χ1n) is 10.8. The highest BCUT2D eigenvalue weighted by Crippen LogP contribution is 2.32. The van der Waals surface area contributed by atoms with Gasteiger partial charge in [0.1, 0.15) is 11.4 Å². The third kappa shape index (κ3) is 4.67. The average Bonchev–Trinajstić information content (AvgIpc) is 3.56. The minimum Gasteiger partial charge on any atom is -0.467 e. The maximum Gasteiger partial charge on any atom is 0.338 e.